The predicted molar refractivity (Wildman–Crippen MR) is 74.8 cm³/mol. The zero-order chi connectivity index (χ0) is 13.3. The molecule has 100 valence electrons. The third-order valence-corrected chi connectivity index (χ3v) is 4.01. The van der Waals surface area contributed by atoms with Gasteiger partial charge in [0, 0.05) is 19.6 Å². The average Bonchev–Trinajstić information content (AvgIpc) is 2.31. The Balaban J connectivity index is 2.21. The van der Waals surface area contributed by atoms with Crippen LogP contribution in [0.4, 0.5) is 0 Å². The summed E-state index contributed by atoms with van der Waals surface area (Å²) >= 11 is 0. The van der Waals surface area contributed by atoms with Gasteiger partial charge in [-0.05, 0) is 39.1 Å². The molecule has 1 heterocycles. The summed E-state index contributed by atoms with van der Waals surface area (Å²) in [5.41, 5.74) is 3.49. The first kappa shape index (κ1) is 13.5. The van der Waals surface area contributed by atoms with E-state index in [1.54, 1.807) is 0 Å². The van der Waals surface area contributed by atoms with Gasteiger partial charge in [-0.25, -0.2) is 0 Å². The highest BCUT2D eigenvalue weighted by molar-refractivity contribution is 5.32. The lowest BCUT2D eigenvalue weighted by Crippen LogP contribution is -2.52. The molecular formula is C15H24N2O. The minimum Gasteiger partial charge on any atom is -0.387 e. The van der Waals surface area contributed by atoms with Crippen molar-refractivity contribution in [1.29, 1.82) is 0 Å². The van der Waals surface area contributed by atoms with Crippen molar-refractivity contribution < 1.29 is 5.11 Å². The van der Waals surface area contributed by atoms with E-state index in [1.165, 1.54) is 11.1 Å². The molecule has 0 amide bonds. The number of nitrogens with zero attached hydrogens (tertiary/aromatic N) is 2. The van der Waals surface area contributed by atoms with Crippen LogP contribution in [0.3, 0.4) is 0 Å². The number of piperazine rings is 1. The molecule has 1 aliphatic rings. The second kappa shape index (κ2) is 5.39. The molecule has 1 fully saturated rings. The zero-order valence-electron chi connectivity index (χ0n) is 11.8. The molecule has 0 aliphatic carbocycles. The Hall–Kier alpha value is -0.900. The van der Waals surface area contributed by atoms with Crippen LogP contribution in [0, 0.1) is 13.8 Å². The molecule has 0 aromatic heterocycles. The SMILES string of the molecule is Cc1ccc(C(O)C2CN(C)CCN2C)c(C)c1. The number of hydrogen-bond acceptors (Lipinski definition) is 3. The van der Waals surface area contributed by atoms with E-state index in [9.17, 15) is 5.11 Å². The molecule has 1 aromatic carbocycles. The Morgan fingerprint density at radius 1 is 1.22 bits per heavy atom. The highest BCUT2D eigenvalue weighted by Crippen LogP contribution is 2.26. The van der Waals surface area contributed by atoms with Gasteiger partial charge in [-0.2, -0.15) is 0 Å². The van der Waals surface area contributed by atoms with Crippen LogP contribution in [0.5, 0.6) is 0 Å². The number of aryl methyl sites for hydroxylation is 2. The molecule has 2 unspecified atom stereocenters. The third-order valence-electron chi connectivity index (χ3n) is 4.01. The van der Waals surface area contributed by atoms with Crippen LogP contribution in [0.2, 0.25) is 0 Å². The summed E-state index contributed by atoms with van der Waals surface area (Å²) in [4.78, 5) is 4.56. The Morgan fingerprint density at radius 3 is 2.61 bits per heavy atom. The van der Waals surface area contributed by atoms with Crippen LogP contribution >= 0.6 is 0 Å². The fourth-order valence-electron chi connectivity index (χ4n) is 2.75. The van der Waals surface area contributed by atoms with Gasteiger partial charge >= 0.3 is 0 Å². The third kappa shape index (κ3) is 2.74. The molecule has 0 radical (unpaired) electrons. The van der Waals surface area contributed by atoms with Gasteiger partial charge in [0.15, 0.2) is 0 Å². The van der Waals surface area contributed by atoms with Gasteiger partial charge in [0.05, 0.1) is 12.1 Å². The van der Waals surface area contributed by atoms with Gasteiger partial charge in [0.2, 0.25) is 0 Å². The standard InChI is InChI=1S/C15H24N2O/c1-11-5-6-13(12(2)9-11)15(18)14-10-16(3)7-8-17(14)4/h5-6,9,14-15,18H,7-8,10H2,1-4H3. The van der Waals surface area contributed by atoms with E-state index in [2.05, 4.69) is 55.9 Å². The zero-order valence-corrected chi connectivity index (χ0v) is 11.8. The summed E-state index contributed by atoms with van der Waals surface area (Å²) in [6.45, 7) is 7.18. The van der Waals surface area contributed by atoms with Gasteiger partial charge < -0.3 is 10.0 Å². The van der Waals surface area contributed by atoms with Gasteiger partial charge in [-0.3, -0.25) is 4.90 Å². The van der Waals surface area contributed by atoms with Crippen molar-refractivity contribution in [3.05, 3.63) is 34.9 Å². The molecule has 1 aromatic rings. The molecule has 3 heteroatoms. The summed E-state index contributed by atoms with van der Waals surface area (Å²) in [6, 6.07) is 6.48. The first-order chi connectivity index (χ1) is 8.49. The number of rotatable bonds is 2. The fraction of sp³-hybridized carbons (Fsp3) is 0.600. The Labute approximate surface area is 110 Å². The quantitative estimate of drug-likeness (QED) is 0.861. The van der Waals surface area contributed by atoms with E-state index < -0.39 is 6.10 Å². The van der Waals surface area contributed by atoms with Crippen molar-refractivity contribution >= 4 is 0 Å². The van der Waals surface area contributed by atoms with Crippen molar-refractivity contribution in [1.82, 2.24) is 9.80 Å². The van der Waals surface area contributed by atoms with E-state index in [-0.39, 0.29) is 6.04 Å². The summed E-state index contributed by atoms with van der Waals surface area (Å²) in [5.74, 6) is 0. The number of likely N-dealkylation sites (N-methyl/N-ethyl adjacent to an activating group) is 2. The van der Waals surface area contributed by atoms with Gasteiger partial charge in [0.1, 0.15) is 0 Å². The molecule has 1 saturated heterocycles. The molecule has 3 nitrogen and oxygen atoms in total. The van der Waals surface area contributed by atoms with Gasteiger partial charge in [-0.15, -0.1) is 0 Å². The Morgan fingerprint density at radius 2 is 1.94 bits per heavy atom. The summed E-state index contributed by atoms with van der Waals surface area (Å²) in [7, 11) is 4.22. The van der Waals surface area contributed by atoms with Crippen LogP contribution in [-0.2, 0) is 0 Å². The fourth-order valence-corrected chi connectivity index (χ4v) is 2.75. The van der Waals surface area contributed by atoms with E-state index in [0.717, 1.165) is 25.2 Å². The smallest absolute Gasteiger partial charge is 0.0960 e. The minimum atomic E-state index is -0.404. The maximum absolute atomic E-state index is 10.6. The van der Waals surface area contributed by atoms with Crippen LogP contribution in [-0.4, -0.2) is 54.7 Å². The molecule has 18 heavy (non-hydrogen) atoms. The lowest BCUT2D eigenvalue weighted by atomic mass is 9.94. The number of hydrogen-bond donors (Lipinski definition) is 1. The lowest BCUT2D eigenvalue weighted by molar-refractivity contribution is 0.0135. The summed E-state index contributed by atoms with van der Waals surface area (Å²) in [5, 5.41) is 10.6. The van der Waals surface area contributed by atoms with E-state index in [1.807, 2.05) is 0 Å². The average molecular weight is 248 g/mol. The van der Waals surface area contributed by atoms with E-state index in [0.29, 0.717) is 0 Å². The molecule has 1 N–H and O–H groups in total. The summed E-state index contributed by atoms with van der Waals surface area (Å²) in [6.07, 6.45) is -0.404. The summed E-state index contributed by atoms with van der Waals surface area (Å²) < 4.78 is 0. The Kier molecular flexibility index (Phi) is 4.05. The molecule has 2 rings (SSSR count). The Bertz CT molecular complexity index is 419. The molecule has 0 bridgehead atoms. The number of aliphatic hydroxyl groups is 1. The highest BCUT2D eigenvalue weighted by atomic mass is 16.3. The van der Waals surface area contributed by atoms with Crippen molar-refractivity contribution in [2.75, 3.05) is 33.7 Å². The second-order valence-electron chi connectivity index (χ2n) is 5.62. The molecule has 2 atom stereocenters. The monoisotopic (exact) mass is 248 g/mol. The maximum atomic E-state index is 10.6. The lowest BCUT2D eigenvalue weighted by Gasteiger charge is -2.40. The highest BCUT2D eigenvalue weighted by Gasteiger charge is 2.30. The minimum absolute atomic E-state index is 0.185. The van der Waals surface area contributed by atoms with E-state index in [4.69, 9.17) is 0 Å². The second-order valence-corrected chi connectivity index (χ2v) is 5.62. The van der Waals surface area contributed by atoms with E-state index >= 15 is 0 Å². The molecule has 1 aliphatic heterocycles. The molecule has 0 spiro atoms. The van der Waals surface area contributed by atoms with Crippen LogP contribution < -0.4 is 0 Å². The van der Waals surface area contributed by atoms with Crippen LogP contribution in [0.25, 0.3) is 0 Å². The molecule has 0 saturated carbocycles. The van der Waals surface area contributed by atoms with Crippen molar-refractivity contribution in [2.24, 2.45) is 0 Å². The molecular weight excluding hydrogens is 224 g/mol. The van der Waals surface area contributed by atoms with Crippen molar-refractivity contribution in [2.45, 2.75) is 26.0 Å². The van der Waals surface area contributed by atoms with Crippen molar-refractivity contribution in [3.8, 4) is 0 Å². The van der Waals surface area contributed by atoms with Crippen LogP contribution in [0.15, 0.2) is 18.2 Å². The van der Waals surface area contributed by atoms with Crippen molar-refractivity contribution in [3.63, 3.8) is 0 Å². The first-order valence-corrected chi connectivity index (χ1v) is 6.63. The number of aliphatic hydroxyl groups excluding tert-OH is 1. The largest absolute Gasteiger partial charge is 0.387 e. The predicted octanol–water partition coefficient (Wildman–Crippen LogP) is 1.58. The van der Waals surface area contributed by atoms with Crippen LogP contribution in [0.1, 0.15) is 22.8 Å². The topological polar surface area (TPSA) is 26.7 Å². The maximum Gasteiger partial charge on any atom is 0.0960 e. The van der Waals surface area contributed by atoms with Gasteiger partial charge in [0.25, 0.3) is 0 Å². The first-order valence-electron chi connectivity index (χ1n) is 6.63. The number of benzene rings is 1. The van der Waals surface area contributed by atoms with Gasteiger partial charge in [-0.1, -0.05) is 23.8 Å². The normalized spacial score (nSPS) is 24.2.